The number of aromatic nitrogens is 1. The fourth-order valence-electron chi connectivity index (χ4n) is 3.37. The van der Waals surface area contributed by atoms with Crippen molar-refractivity contribution in [2.24, 2.45) is 5.92 Å². The largest absolute Gasteiger partial charge is 0.360 e. The van der Waals surface area contributed by atoms with Gasteiger partial charge in [0.1, 0.15) is 5.76 Å². The summed E-state index contributed by atoms with van der Waals surface area (Å²) in [4.78, 5) is 26.0. The molecular weight excluding hydrogens is 374 g/mol. The minimum absolute atomic E-state index is 0.105. The van der Waals surface area contributed by atoms with Crippen molar-refractivity contribution < 1.29 is 14.1 Å². The van der Waals surface area contributed by atoms with E-state index >= 15 is 0 Å². The summed E-state index contributed by atoms with van der Waals surface area (Å²) in [5, 5.41) is 9.37. The Kier molecular flexibility index (Phi) is 7.14. The molecule has 6 nitrogen and oxygen atoms in total. The SMILES string of the molecule is CCC(Sc1cccc(NC(=O)C2CCCCC2)c1)C(=O)Nc1cc(C)on1. The molecule has 1 atom stereocenters. The predicted molar refractivity (Wildman–Crippen MR) is 111 cm³/mol. The van der Waals surface area contributed by atoms with Crippen molar-refractivity contribution >= 4 is 35.1 Å². The third kappa shape index (κ3) is 5.61. The molecule has 2 aromatic rings. The van der Waals surface area contributed by atoms with Crippen LogP contribution < -0.4 is 10.6 Å². The van der Waals surface area contributed by atoms with E-state index < -0.39 is 0 Å². The lowest BCUT2D eigenvalue weighted by atomic mass is 9.88. The first-order valence-corrected chi connectivity index (χ1v) is 10.7. The van der Waals surface area contributed by atoms with Gasteiger partial charge in [-0.2, -0.15) is 0 Å². The number of thioether (sulfide) groups is 1. The van der Waals surface area contributed by atoms with Gasteiger partial charge in [0.2, 0.25) is 11.8 Å². The number of carbonyl (C=O) groups excluding carboxylic acids is 2. The van der Waals surface area contributed by atoms with Crippen molar-refractivity contribution in [3.8, 4) is 0 Å². The first-order valence-electron chi connectivity index (χ1n) is 9.87. The summed E-state index contributed by atoms with van der Waals surface area (Å²) < 4.78 is 4.99. The van der Waals surface area contributed by atoms with Crippen molar-refractivity contribution in [2.45, 2.75) is 62.5 Å². The number of nitrogens with zero attached hydrogens (tertiary/aromatic N) is 1. The van der Waals surface area contributed by atoms with Crippen LogP contribution in [0.3, 0.4) is 0 Å². The Balaban J connectivity index is 1.60. The fourth-order valence-corrected chi connectivity index (χ4v) is 4.39. The minimum Gasteiger partial charge on any atom is -0.360 e. The lowest BCUT2D eigenvalue weighted by Crippen LogP contribution is -2.25. The van der Waals surface area contributed by atoms with Crippen LogP contribution in [0.2, 0.25) is 0 Å². The van der Waals surface area contributed by atoms with E-state index in [-0.39, 0.29) is 23.0 Å². The molecule has 0 radical (unpaired) electrons. The van der Waals surface area contributed by atoms with Gasteiger partial charge in [-0.15, -0.1) is 11.8 Å². The van der Waals surface area contributed by atoms with Gasteiger partial charge in [-0.05, 0) is 44.4 Å². The van der Waals surface area contributed by atoms with Gasteiger partial charge in [-0.3, -0.25) is 9.59 Å². The van der Waals surface area contributed by atoms with Crippen LogP contribution in [0.1, 0.15) is 51.2 Å². The van der Waals surface area contributed by atoms with Crippen LogP contribution in [-0.4, -0.2) is 22.2 Å². The summed E-state index contributed by atoms with van der Waals surface area (Å²) in [5.41, 5.74) is 0.781. The Morgan fingerprint density at radius 3 is 2.68 bits per heavy atom. The van der Waals surface area contributed by atoms with Crippen molar-refractivity contribution in [1.82, 2.24) is 5.16 Å². The summed E-state index contributed by atoms with van der Waals surface area (Å²) in [6, 6.07) is 9.38. The number of benzene rings is 1. The van der Waals surface area contributed by atoms with E-state index in [2.05, 4.69) is 15.8 Å². The Hall–Kier alpha value is -2.28. The van der Waals surface area contributed by atoms with Crippen molar-refractivity contribution in [3.63, 3.8) is 0 Å². The van der Waals surface area contributed by atoms with Gasteiger partial charge < -0.3 is 15.2 Å². The first-order chi connectivity index (χ1) is 13.5. The zero-order chi connectivity index (χ0) is 19.9. The standard InChI is InChI=1S/C21H27N3O3S/c1-3-18(21(26)23-19-12-14(2)27-24-19)28-17-11-7-10-16(13-17)22-20(25)15-8-5-4-6-9-15/h7,10-13,15,18H,3-6,8-9H2,1-2H3,(H,22,25)(H,23,24,26). The molecule has 1 heterocycles. The molecule has 1 aliphatic carbocycles. The highest BCUT2D eigenvalue weighted by molar-refractivity contribution is 8.00. The molecule has 1 fully saturated rings. The first kappa shape index (κ1) is 20.5. The smallest absolute Gasteiger partial charge is 0.239 e. The minimum atomic E-state index is -0.263. The zero-order valence-electron chi connectivity index (χ0n) is 16.4. The van der Waals surface area contributed by atoms with Crippen LogP contribution in [0.5, 0.6) is 0 Å². The van der Waals surface area contributed by atoms with E-state index in [0.29, 0.717) is 18.0 Å². The molecule has 1 unspecified atom stereocenters. The third-order valence-electron chi connectivity index (χ3n) is 4.90. The Morgan fingerprint density at radius 2 is 2.00 bits per heavy atom. The lowest BCUT2D eigenvalue weighted by molar-refractivity contribution is -0.120. The topological polar surface area (TPSA) is 84.2 Å². The molecule has 7 heteroatoms. The summed E-state index contributed by atoms with van der Waals surface area (Å²) in [6.07, 6.45) is 6.11. The summed E-state index contributed by atoms with van der Waals surface area (Å²) >= 11 is 1.48. The monoisotopic (exact) mass is 401 g/mol. The molecule has 1 aromatic carbocycles. The molecule has 1 saturated carbocycles. The second-order valence-electron chi connectivity index (χ2n) is 7.18. The Morgan fingerprint density at radius 1 is 1.21 bits per heavy atom. The van der Waals surface area contributed by atoms with Crippen molar-refractivity contribution in [2.75, 3.05) is 10.6 Å². The quantitative estimate of drug-likeness (QED) is 0.637. The fraction of sp³-hybridized carbons (Fsp3) is 0.476. The molecule has 28 heavy (non-hydrogen) atoms. The van der Waals surface area contributed by atoms with Crippen LogP contribution in [0.4, 0.5) is 11.5 Å². The average Bonchev–Trinajstić information content (AvgIpc) is 3.11. The molecule has 150 valence electrons. The van der Waals surface area contributed by atoms with E-state index in [1.807, 2.05) is 31.2 Å². The maximum atomic E-state index is 12.5. The second-order valence-corrected chi connectivity index (χ2v) is 8.45. The van der Waals surface area contributed by atoms with Gasteiger partial charge in [0.05, 0.1) is 5.25 Å². The van der Waals surface area contributed by atoms with Crippen molar-refractivity contribution in [1.29, 1.82) is 0 Å². The highest BCUT2D eigenvalue weighted by atomic mass is 32.2. The van der Waals surface area contributed by atoms with Crippen LogP contribution in [0, 0.1) is 12.8 Å². The van der Waals surface area contributed by atoms with Crippen LogP contribution >= 0.6 is 11.8 Å². The lowest BCUT2D eigenvalue weighted by Gasteiger charge is -2.21. The number of nitrogens with one attached hydrogen (secondary N) is 2. The number of hydrogen-bond acceptors (Lipinski definition) is 5. The average molecular weight is 402 g/mol. The summed E-state index contributed by atoms with van der Waals surface area (Å²) in [5.74, 6) is 1.18. The van der Waals surface area contributed by atoms with Crippen LogP contribution in [0.25, 0.3) is 0 Å². The Bertz CT molecular complexity index is 815. The van der Waals surface area contributed by atoms with Crippen LogP contribution in [0.15, 0.2) is 39.8 Å². The summed E-state index contributed by atoms with van der Waals surface area (Å²) in [6.45, 7) is 3.75. The molecule has 0 saturated heterocycles. The van der Waals surface area contributed by atoms with Gasteiger partial charge in [-0.25, -0.2) is 0 Å². The van der Waals surface area contributed by atoms with E-state index in [1.165, 1.54) is 18.2 Å². The van der Waals surface area contributed by atoms with E-state index in [1.54, 1.807) is 13.0 Å². The second kappa shape index (κ2) is 9.78. The van der Waals surface area contributed by atoms with Crippen molar-refractivity contribution in [3.05, 3.63) is 36.1 Å². The molecule has 0 spiro atoms. The molecule has 0 bridgehead atoms. The normalized spacial score (nSPS) is 15.8. The number of amides is 2. The van der Waals surface area contributed by atoms with E-state index in [9.17, 15) is 9.59 Å². The third-order valence-corrected chi connectivity index (χ3v) is 6.26. The molecular formula is C21H27N3O3S. The van der Waals surface area contributed by atoms with Gasteiger partial charge >= 0.3 is 0 Å². The van der Waals surface area contributed by atoms with Gasteiger partial charge in [0.25, 0.3) is 0 Å². The molecule has 2 amide bonds. The van der Waals surface area contributed by atoms with Gasteiger partial charge in [0, 0.05) is 22.6 Å². The van der Waals surface area contributed by atoms with Gasteiger partial charge in [0.15, 0.2) is 5.82 Å². The molecule has 1 aromatic heterocycles. The number of hydrogen-bond donors (Lipinski definition) is 2. The number of aryl methyl sites for hydroxylation is 1. The zero-order valence-corrected chi connectivity index (χ0v) is 17.2. The maximum absolute atomic E-state index is 12.5. The highest BCUT2D eigenvalue weighted by Crippen LogP contribution is 2.30. The predicted octanol–water partition coefficient (Wildman–Crippen LogP) is 5.01. The van der Waals surface area contributed by atoms with Crippen LogP contribution in [-0.2, 0) is 9.59 Å². The van der Waals surface area contributed by atoms with E-state index in [4.69, 9.17) is 4.52 Å². The number of carbonyl (C=O) groups is 2. The highest BCUT2D eigenvalue weighted by Gasteiger charge is 2.22. The molecule has 3 rings (SSSR count). The maximum Gasteiger partial charge on any atom is 0.239 e. The Labute approximate surface area is 169 Å². The molecule has 2 N–H and O–H groups in total. The summed E-state index contributed by atoms with van der Waals surface area (Å²) in [7, 11) is 0. The molecule has 1 aliphatic rings. The molecule has 0 aliphatic heterocycles. The van der Waals surface area contributed by atoms with Gasteiger partial charge in [-0.1, -0.05) is 37.4 Å². The number of anilines is 2. The number of rotatable bonds is 7. The van der Waals surface area contributed by atoms with E-state index in [0.717, 1.165) is 36.3 Å².